The number of ether oxygens (including phenoxy) is 6. The summed E-state index contributed by atoms with van der Waals surface area (Å²) >= 11 is 0. The summed E-state index contributed by atoms with van der Waals surface area (Å²) in [6.07, 6.45) is -1.04. The number of aromatic hydroxyl groups is 1. The minimum atomic E-state index is -1.79. The number of benzene rings is 2. The molecule has 1 aliphatic heterocycles. The van der Waals surface area contributed by atoms with Crippen LogP contribution in [0.15, 0.2) is 23.8 Å². The molecule has 2 aliphatic rings. The third-order valence-corrected chi connectivity index (χ3v) is 7.29. The van der Waals surface area contributed by atoms with Crippen molar-refractivity contribution in [3.05, 3.63) is 34.9 Å². The second-order valence-corrected chi connectivity index (χ2v) is 9.25. The number of allylic oxidation sites excluding steroid dienone is 1. The van der Waals surface area contributed by atoms with Crippen LogP contribution >= 0.6 is 0 Å². The van der Waals surface area contributed by atoms with Gasteiger partial charge in [0.1, 0.15) is 5.60 Å². The maximum atomic E-state index is 13.0. The smallest absolute Gasteiger partial charge is 0.334 e. The molecule has 0 saturated carbocycles. The van der Waals surface area contributed by atoms with E-state index in [1.54, 1.807) is 32.9 Å². The van der Waals surface area contributed by atoms with Crippen LogP contribution in [0.5, 0.6) is 34.5 Å². The average Bonchev–Trinajstić information content (AvgIpc) is 3.36. The number of fused-ring (bicyclic) bond motifs is 4. The molecule has 0 amide bonds. The monoisotopic (exact) mass is 516 g/mol. The van der Waals surface area contributed by atoms with Gasteiger partial charge in [-0.3, -0.25) is 0 Å². The van der Waals surface area contributed by atoms with Crippen molar-refractivity contribution in [3.8, 4) is 45.6 Å². The Morgan fingerprint density at radius 3 is 2.35 bits per heavy atom. The highest BCUT2D eigenvalue weighted by Crippen LogP contribution is 2.60. The number of hydrogen-bond donors (Lipinski definition) is 3. The number of phenols is 1. The summed E-state index contributed by atoms with van der Waals surface area (Å²) in [6.45, 7) is 6.31. The second-order valence-electron chi connectivity index (χ2n) is 9.25. The number of phenolic OH excluding ortho intramolecular Hbond substituents is 1. The van der Waals surface area contributed by atoms with E-state index in [1.165, 1.54) is 34.3 Å². The lowest BCUT2D eigenvalue weighted by Crippen LogP contribution is -2.45. The molecule has 4 rings (SSSR count). The SMILES string of the molecule is C/C=C(/C)C(=O)O[C@H]1c2cc3c(c(OC)c2-c2c(cc(OC)c(OC)c2O)[C@H](O)[C@@H](C)[C@]1(C)O)OCO3. The number of carbonyl (C=O) groups is 1. The first kappa shape index (κ1) is 26.4. The predicted molar refractivity (Wildman–Crippen MR) is 132 cm³/mol. The van der Waals surface area contributed by atoms with Crippen molar-refractivity contribution in [3.63, 3.8) is 0 Å². The van der Waals surface area contributed by atoms with Crippen molar-refractivity contribution in [2.45, 2.75) is 45.5 Å². The zero-order valence-corrected chi connectivity index (χ0v) is 21.9. The van der Waals surface area contributed by atoms with Gasteiger partial charge in [-0.25, -0.2) is 4.79 Å². The number of methoxy groups -OCH3 is 3. The highest BCUT2D eigenvalue weighted by molar-refractivity contribution is 5.90. The van der Waals surface area contributed by atoms with Crippen molar-refractivity contribution in [2.24, 2.45) is 5.92 Å². The Morgan fingerprint density at radius 2 is 1.76 bits per heavy atom. The molecule has 3 N–H and O–H groups in total. The van der Waals surface area contributed by atoms with E-state index < -0.39 is 29.7 Å². The normalized spacial score (nSPS) is 24.4. The molecule has 200 valence electrons. The first-order valence-corrected chi connectivity index (χ1v) is 11.8. The lowest BCUT2D eigenvalue weighted by atomic mass is 9.71. The van der Waals surface area contributed by atoms with Crippen LogP contribution in [-0.2, 0) is 9.53 Å². The highest BCUT2D eigenvalue weighted by Gasteiger charge is 2.50. The van der Waals surface area contributed by atoms with Crippen molar-refractivity contribution in [1.82, 2.24) is 0 Å². The van der Waals surface area contributed by atoms with Crippen molar-refractivity contribution in [2.75, 3.05) is 28.1 Å². The van der Waals surface area contributed by atoms with Crippen molar-refractivity contribution < 1.29 is 48.5 Å². The molecule has 0 bridgehead atoms. The molecular weight excluding hydrogens is 484 g/mol. The minimum Gasteiger partial charge on any atom is -0.504 e. The van der Waals surface area contributed by atoms with Crippen molar-refractivity contribution >= 4 is 5.97 Å². The van der Waals surface area contributed by atoms with Crippen LogP contribution in [-0.4, -0.2) is 55.0 Å². The molecule has 10 heteroatoms. The lowest BCUT2D eigenvalue weighted by molar-refractivity contribution is -0.174. The van der Waals surface area contributed by atoms with Crippen LogP contribution in [0.3, 0.4) is 0 Å². The number of carbonyl (C=O) groups excluding carboxylic acids is 1. The zero-order chi connectivity index (χ0) is 27.2. The summed E-state index contributed by atoms with van der Waals surface area (Å²) in [5.74, 6) is -0.945. The van der Waals surface area contributed by atoms with E-state index in [2.05, 4.69) is 0 Å². The molecule has 0 fully saturated rings. The van der Waals surface area contributed by atoms with Gasteiger partial charge in [0.2, 0.25) is 18.3 Å². The Bertz CT molecular complexity index is 1260. The van der Waals surface area contributed by atoms with E-state index in [1.807, 2.05) is 0 Å². The standard InChI is InChI=1S/C27H32O10/c1-8-12(2)26(30)37-25-15-10-17-23(36-11-35-17)24(34-7)19(15)18-14(20(28)13(3)27(25,4)31)9-16(32-5)22(33-6)21(18)29/h8-10,13,20,25,28-29,31H,11H2,1-7H3/b12-8-/t13-,20-,25+,27+/m1/s1. The zero-order valence-electron chi connectivity index (χ0n) is 21.9. The fourth-order valence-electron chi connectivity index (χ4n) is 4.82. The van der Waals surface area contributed by atoms with E-state index in [0.717, 1.165) is 0 Å². The molecule has 1 heterocycles. The molecule has 4 atom stereocenters. The van der Waals surface area contributed by atoms with Gasteiger partial charge in [0.15, 0.2) is 29.1 Å². The van der Waals surface area contributed by atoms with Gasteiger partial charge < -0.3 is 43.7 Å². The number of rotatable bonds is 5. The molecule has 37 heavy (non-hydrogen) atoms. The molecule has 1 aliphatic carbocycles. The van der Waals surface area contributed by atoms with E-state index >= 15 is 0 Å². The maximum Gasteiger partial charge on any atom is 0.334 e. The van der Waals surface area contributed by atoms with E-state index in [4.69, 9.17) is 28.4 Å². The highest BCUT2D eigenvalue weighted by atomic mass is 16.7. The summed E-state index contributed by atoms with van der Waals surface area (Å²) < 4.78 is 33.8. The predicted octanol–water partition coefficient (Wildman–Crippen LogP) is 3.80. The van der Waals surface area contributed by atoms with Crippen molar-refractivity contribution in [1.29, 1.82) is 0 Å². The molecular formula is C27H32O10. The molecule has 2 aromatic carbocycles. The van der Waals surface area contributed by atoms with E-state index in [9.17, 15) is 20.1 Å². The van der Waals surface area contributed by atoms with Gasteiger partial charge >= 0.3 is 5.97 Å². The van der Waals surface area contributed by atoms with Crippen LogP contribution in [0.1, 0.15) is 51.0 Å². The van der Waals surface area contributed by atoms with E-state index in [-0.39, 0.29) is 57.8 Å². The Balaban J connectivity index is 2.18. The first-order valence-electron chi connectivity index (χ1n) is 11.8. The van der Waals surface area contributed by atoms with Gasteiger partial charge in [0.25, 0.3) is 0 Å². The number of esters is 1. The fourth-order valence-corrected chi connectivity index (χ4v) is 4.82. The third kappa shape index (κ3) is 4.00. The van der Waals surface area contributed by atoms with Gasteiger partial charge in [0, 0.05) is 28.2 Å². The largest absolute Gasteiger partial charge is 0.504 e. The van der Waals surface area contributed by atoms with Crippen LogP contribution in [0.2, 0.25) is 0 Å². The molecule has 0 unspecified atom stereocenters. The Kier molecular flexibility index (Phi) is 6.91. The quantitative estimate of drug-likeness (QED) is 0.398. The number of hydrogen-bond acceptors (Lipinski definition) is 10. The first-order chi connectivity index (χ1) is 17.5. The van der Waals surface area contributed by atoms with Crippen LogP contribution in [0.25, 0.3) is 11.1 Å². The molecule has 0 aromatic heterocycles. The minimum absolute atomic E-state index is 0.0254. The number of aliphatic hydroxyl groups is 2. The van der Waals surface area contributed by atoms with Gasteiger partial charge in [0.05, 0.1) is 27.4 Å². The van der Waals surface area contributed by atoms with Crippen LogP contribution in [0, 0.1) is 5.92 Å². The summed E-state index contributed by atoms with van der Waals surface area (Å²) in [5.41, 5.74) is -0.544. The Morgan fingerprint density at radius 1 is 1.08 bits per heavy atom. The summed E-state index contributed by atoms with van der Waals surface area (Å²) in [7, 11) is 4.19. The molecule has 0 radical (unpaired) electrons. The second kappa shape index (κ2) is 9.68. The fraction of sp³-hybridized carbons (Fsp3) is 0.444. The summed E-state index contributed by atoms with van der Waals surface area (Å²) in [6, 6.07) is 3.12. The van der Waals surface area contributed by atoms with E-state index in [0.29, 0.717) is 11.3 Å². The van der Waals surface area contributed by atoms with Crippen LogP contribution < -0.4 is 23.7 Å². The number of aliphatic hydroxyl groups excluding tert-OH is 1. The van der Waals surface area contributed by atoms with Gasteiger partial charge in [-0.1, -0.05) is 13.0 Å². The third-order valence-electron chi connectivity index (χ3n) is 7.29. The Hall–Kier alpha value is -3.63. The average molecular weight is 517 g/mol. The van der Waals surface area contributed by atoms with Gasteiger partial charge in [-0.05, 0) is 38.5 Å². The van der Waals surface area contributed by atoms with Gasteiger partial charge in [-0.15, -0.1) is 0 Å². The van der Waals surface area contributed by atoms with Crippen LogP contribution in [0.4, 0.5) is 0 Å². The maximum absolute atomic E-state index is 13.0. The molecule has 2 aromatic rings. The summed E-state index contributed by atoms with van der Waals surface area (Å²) in [5, 5.41) is 34.9. The lowest BCUT2D eigenvalue weighted by Gasteiger charge is -2.42. The molecule has 0 saturated heterocycles. The molecule has 10 nitrogen and oxygen atoms in total. The topological polar surface area (TPSA) is 133 Å². The van der Waals surface area contributed by atoms with Gasteiger partial charge in [-0.2, -0.15) is 0 Å². The summed E-state index contributed by atoms with van der Waals surface area (Å²) in [4.78, 5) is 13.0. The Labute approximate surface area is 214 Å². The molecule has 0 spiro atoms.